The maximum absolute atomic E-state index is 12.6. The highest BCUT2D eigenvalue weighted by Gasteiger charge is 2.23. The lowest BCUT2D eigenvalue weighted by Crippen LogP contribution is -2.49. The van der Waals surface area contributed by atoms with E-state index < -0.39 is 0 Å². The molecule has 30 heavy (non-hydrogen) atoms. The van der Waals surface area contributed by atoms with E-state index >= 15 is 0 Å². The van der Waals surface area contributed by atoms with Gasteiger partial charge in [0.2, 0.25) is 5.91 Å². The van der Waals surface area contributed by atoms with Crippen molar-refractivity contribution in [2.45, 2.75) is 33.4 Å². The third kappa shape index (κ3) is 8.81. The van der Waals surface area contributed by atoms with Crippen molar-refractivity contribution < 1.29 is 19.1 Å². The first-order valence-electron chi connectivity index (χ1n) is 10.8. The molecule has 1 aromatic carbocycles. The van der Waals surface area contributed by atoms with Crippen molar-refractivity contribution in [2.24, 2.45) is 11.8 Å². The largest absolute Gasteiger partial charge is 0.469 e. The van der Waals surface area contributed by atoms with Crippen LogP contribution in [0.1, 0.15) is 26.3 Å². The highest BCUT2D eigenvalue weighted by atomic mass is 16.5. The van der Waals surface area contributed by atoms with Crippen LogP contribution in [-0.2, 0) is 25.6 Å². The highest BCUT2D eigenvalue weighted by Crippen LogP contribution is 2.10. The van der Waals surface area contributed by atoms with Crippen molar-refractivity contribution in [3.8, 4) is 0 Å². The number of morpholine rings is 1. The van der Waals surface area contributed by atoms with Crippen LogP contribution in [0.2, 0.25) is 0 Å². The summed E-state index contributed by atoms with van der Waals surface area (Å²) < 4.78 is 10.7. The molecule has 1 fully saturated rings. The van der Waals surface area contributed by atoms with Crippen molar-refractivity contribution in [2.75, 3.05) is 53.0 Å². The van der Waals surface area contributed by atoms with Gasteiger partial charge in [-0.1, -0.05) is 51.1 Å². The Balaban J connectivity index is 1.87. The molecule has 1 aromatic rings. The van der Waals surface area contributed by atoms with E-state index in [0.29, 0.717) is 32.2 Å². The van der Waals surface area contributed by atoms with Gasteiger partial charge in [0.1, 0.15) is 0 Å². The number of carbonyl (C=O) groups is 2. The zero-order valence-electron chi connectivity index (χ0n) is 18.8. The molecule has 0 spiro atoms. The molecule has 168 valence electrons. The zero-order valence-corrected chi connectivity index (χ0v) is 18.8. The summed E-state index contributed by atoms with van der Waals surface area (Å²) in [5.74, 6) is -0.0265. The maximum atomic E-state index is 12.6. The number of rotatable bonds is 11. The Labute approximate surface area is 180 Å². The minimum absolute atomic E-state index is 0.0121. The molecule has 1 N–H and O–H groups in total. The van der Waals surface area contributed by atoms with Crippen LogP contribution in [-0.4, -0.2) is 80.8 Å². The number of ether oxygens (including phenoxy) is 2. The molecule has 2 atom stereocenters. The average Bonchev–Trinajstić information content (AvgIpc) is 2.72. The Kier molecular flexibility index (Phi) is 10.3. The van der Waals surface area contributed by atoms with Crippen molar-refractivity contribution in [1.82, 2.24) is 15.1 Å². The molecule has 1 saturated heterocycles. The first-order valence-corrected chi connectivity index (χ1v) is 10.8. The van der Waals surface area contributed by atoms with Crippen LogP contribution < -0.4 is 5.32 Å². The van der Waals surface area contributed by atoms with E-state index in [2.05, 4.69) is 24.1 Å². The second kappa shape index (κ2) is 12.7. The molecule has 1 aliphatic heterocycles. The van der Waals surface area contributed by atoms with Crippen molar-refractivity contribution >= 4 is 11.9 Å². The van der Waals surface area contributed by atoms with E-state index in [-0.39, 0.29) is 30.4 Å². The third-order valence-corrected chi connectivity index (χ3v) is 5.12. The standard InChI is InChI=1S/C23H37N3O4/c1-18(2)13-25-10-11-30-21(16-25)12-24-22(27)17-26(14-19(3)23(28)29-4)15-20-8-6-5-7-9-20/h5-9,18-19,21H,10-17H2,1-4H3,(H,24,27). The van der Waals surface area contributed by atoms with Crippen LogP contribution in [0.25, 0.3) is 0 Å². The molecular weight excluding hydrogens is 382 g/mol. The van der Waals surface area contributed by atoms with Crippen LogP contribution in [0.15, 0.2) is 30.3 Å². The van der Waals surface area contributed by atoms with E-state index in [1.165, 1.54) is 7.11 Å². The molecule has 1 aliphatic rings. The molecule has 2 rings (SSSR count). The van der Waals surface area contributed by atoms with Gasteiger partial charge in [-0.05, 0) is 11.5 Å². The summed E-state index contributed by atoms with van der Waals surface area (Å²) in [6, 6.07) is 9.95. The van der Waals surface area contributed by atoms with Gasteiger partial charge in [0.15, 0.2) is 0 Å². The topological polar surface area (TPSA) is 71.1 Å². The molecule has 0 saturated carbocycles. The Morgan fingerprint density at radius 2 is 2.00 bits per heavy atom. The van der Waals surface area contributed by atoms with E-state index in [1.807, 2.05) is 42.2 Å². The van der Waals surface area contributed by atoms with Crippen molar-refractivity contribution in [3.63, 3.8) is 0 Å². The number of benzene rings is 1. The summed E-state index contributed by atoms with van der Waals surface area (Å²) in [5.41, 5.74) is 1.10. The van der Waals surface area contributed by atoms with Gasteiger partial charge < -0.3 is 14.8 Å². The molecular formula is C23H37N3O4. The smallest absolute Gasteiger partial charge is 0.309 e. The number of hydrogen-bond acceptors (Lipinski definition) is 6. The fourth-order valence-corrected chi connectivity index (χ4v) is 3.76. The van der Waals surface area contributed by atoms with Gasteiger partial charge in [0, 0.05) is 39.3 Å². The Morgan fingerprint density at radius 3 is 2.67 bits per heavy atom. The lowest BCUT2D eigenvalue weighted by Gasteiger charge is -2.34. The Hall–Kier alpha value is -1.96. The van der Waals surface area contributed by atoms with Gasteiger partial charge in [0.05, 0.1) is 32.3 Å². The lowest BCUT2D eigenvalue weighted by atomic mass is 10.1. The quantitative estimate of drug-likeness (QED) is 0.551. The Morgan fingerprint density at radius 1 is 1.27 bits per heavy atom. The molecule has 7 heteroatoms. The normalized spacial score (nSPS) is 18.4. The minimum atomic E-state index is -0.308. The monoisotopic (exact) mass is 419 g/mol. The number of nitrogens with one attached hydrogen (secondary N) is 1. The maximum Gasteiger partial charge on any atom is 0.309 e. The molecule has 0 radical (unpaired) electrons. The SMILES string of the molecule is COC(=O)C(C)CN(CC(=O)NCC1CN(CC(C)C)CCO1)Cc1ccccc1. The Bertz CT molecular complexity index is 653. The minimum Gasteiger partial charge on any atom is -0.469 e. The summed E-state index contributed by atoms with van der Waals surface area (Å²) in [4.78, 5) is 28.9. The third-order valence-electron chi connectivity index (χ3n) is 5.12. The first-order chi connectivity index (χ1) is 14.4. The molecule has 2 unspecified atom stereocenters. The number of esters is 1. The van der Waals surface area contributed by atoms with E-state index in [1.54, 1.807) is 0 Å². The van der Waals surface area contributed by atoms with Crippen molar-refractivity contribution in [3.05, 3.63) is 35.9 Å². The predicted octanol–water partition coefficient (Wildman–Crippen LogP) is 1.77. The molecule has 0 bridgehead atoms. The second-order valence-corrected chi connectivity index (χ2v) is 8.53. The number of methoxy groups -OCH3 is 1. The number of hydrogen-bond donors (Lipinski definition) is 1. The van der Waals surface area contributed by atoms with Gasteiger partial charge in [0.25, 0.3) is 0 Å². The van der Waals surface area contributed by atoms with Gasteiger partial charge in [-0.3, -0.25) is 19.4 Å². The van der Waals surface area contributed by atoms with Gasteiger partial charge >= 0.3 is 5.97 Å². The van der Waals surface area contributed by atoms with Gasteiger partial charge in [-0.2, -0.15) is 0 Å². The zero-order chi connectivity index (χ0) is 21.9. The van der Waals surface area contributed by atoms with Gasteiger partial charge in [-0.15, -0.1) is 0 Å². The molecule has 0 aromatic heterocycles. The van der Waals surface area contributed by atoms with Crippen LogP contribution in [0.3, 0.4) is 0 Å². The van der Waals surface area contributed by atoms with E-state index in [0.717, 1.165) is 25.2 Å². The molecule has 1 amide bonds. The van der Waals surface area contributed by atoms with Crippen LogP contribution in [0.4, 0.5) is 0 Å². The summed E-state index contributed by atoms with van der Waals surface area (Å²) >= 11 is 0. The summed E-state index contributed by atoms with van der Waals surface area (Å²) in [6.07, 6.45) is 0.0121. The van der Waals surface area contributed by atoms with E-state index in [4.69, 9.17) is 9.47 Å². The van der Waals surface area contributed by atoms with E-state index in [9.17, 15) is 9.59 Å². The summed E-state index contributed by atoms with van der Waals surface area (Å²) in [6.45, 7) is 11.5. The fraction of sp³-hybridized carbons (Fsp3) is 0.652. The number of amides is 1. The lowest BCUT2D eigenvalue weighted by molar-refractivity contribution is -0.145. The van der Waals surface area contributed by atoms with Crippen molar-refractivity contribution in [1.29, 1.82) is 0 Å². The summed E-state index contributed by atoms with van der Waals surface area (Å²) in [5, 5.41) is 3.01. The molecule has 0 aliphatic carbocycles. The summed E-state index contributed by atoms with van der Waals surface area (Å²) in [7, 11) is 1.39. The van der Waals surface area contributed by atoms with Crippen LogP contribution >= 0.6 is 0 Å². The molecule has 1 heterocycles. The fourth-order valence-electron chi connectivity index (χ4n) is 3.76. The second-order valence-electron chi connectivity index (χ2n) is 8.53. The van der Waals surface area contributed by atoms with Gasteiger partial charge in [-0.25, -0.2) is 0 Å². The predicted molar refractivity (Wildman–Crippen MR) is 117 cm³/mol. The average molecular weight is 420 g/mol. The first kappa shape index (κ1) is 24.3. The van der Waals surface area contributed by atoms with Crippen LogP contribution in [0, 0.1) is 11.8 Å². The van der Waals surface area contributed by atoms with Crippen LogP contribution in [0.5, 0.6) is 0 Å². The number of carbonyl (C=O) groups excluding carboxylic acids is 2. The number of nitrogens with zero attached hydrogens (tertiary/aromatic N) is 2. The highest BCUT2D eigenvalue weighted by molar-refractivity contribution is 5.78. The molecule has 7 nitrogen and oxygen atoms in total.